The summed E-state index contributed by atoms with van der Waals surface area (Å²) in [6.07, 6.45) is 1.80. The first kappa shape index (κ1) is 12.8. The molecule has 1 aromatic carbocycles. The van der Waals surface area contributed by atoms with E-state index in [4.69, 9.17) is 11.6 Å². The minimum absolute atomic E-state index is 0.160. The summed E-state index contributed by atoms with van der Waals surface area (Å²) in [6, 6.07) is 3.78. The van der Waals surface area contributed by atoms with Crippen molar-refractivity contribution < 1.29 is 12.8 Å². The lowest BCUT2D eigenvalue weighted by Crippen LogP contribution is -2.29. The van der Waals surface area contributed by atoms with Gasteiger partial charge in [-0.05, 0) is 30.5 Å². The zero-order chi connectivity index (χ0) is 12.5. The van der Waals surface area contributed by atoms with E-state index in [1.165, 1.54) is 16.4 Å². The number of sulfonamides is 1. The van der Waals surface area contributed by atoms with Crippen LogP contribution in [-0.2, 0) is 15.8 Å². The molecule has 0 radical (unpaired) electrons. The number of halogens is 2. The van der Waals surface area contributed by atoms with E-state index >= 15 is 0 Å². The zero-order valence-corrected chi connectivity index (χ0v) is 10.8. The Balaban J connectivity index is 2.19. The van der Waals surface area contributed by atoms with Crippen LogP contribution in [-0.4, -0.2) is 25.8 Å². The van der Waals surface area contributed by atoms with Crippen molar-refractivity contribution in [3.8, 4) is 0 Å². The molecule has 0 atom stereocenters. The molecule has 1 aliphatic rings. The Kier molecular flexibility index (Phi) is 3.70. The number of hydrogen-bond donors (Lipinski definition) is 0. The fraction of sp³-hybridized carbons (Fsp3) is 0.455. The van der Waals surface area contributed by atoms with Gasteiger partial charge in [0.2, 0.25) is 10.0 Å². The Morgan fingerprint density at radius 3 is 2.53 bits per heavy atom. The molecule has 0 saturated carbocycles. The van der Waals surface area contributed by atoms with Crippen LogP contribution in [0.15, 0.2) is 18.2 Å². The Bertz CT molecular complexity index is 512. The Morgan fingerprint density at radius 2 is 1.94 bits per heavy atom. The molecule has 0 amide bonds. The molecule has 94 valence electrons. The second-order valence-corrected chi connectivity index (χ2v) is 6.47. The van der Waals surface area contributed by atoms with Gasteiger partial charge in [0.1, 0.15) is 5.82 Å². The molecule has 0 aliphatic carbocycles. The van der Waals surface area contributed by atoms with Crippen LogP contribution >= 0.6 is 11.6 Å². The maximum Gasteiger partial charge on any atom is 0.218 e. The molecule has 6 heteroatoms. The average molecular weight is 278 g/mol. The van der Waals surface area contributed by atoms with Gasteiger partial charge in [-0.25, -0.2) is 17.1 Å². The Morgan fingerprint density at radius 1 is 1.29 bits per heavy atom. The van der Waals surface area contributed by atoms with Crippen molar-refractivity contribution in [1.82, 2.24) is 4.31 Å². The van der Waals surface area contributed by atoms with Gasteiger partial charge in [0.15, 0.2) is 0 Å². The van der Waals surface area contributed by atoms with Crippen molar-refractivity contribution in [2.45, 2.75) is 18.6 Å². The normalized spacial score (nSPS) is 17.5. The molecule has 1 heterocycles. The second-order valence-electron chi connectivity index (χ2n) is 4.10. The highest BCUT2D eigenvalue weighted by Gasteiger charge is 2.26. The topological polar surface area (TPSA) is 37.4 Å². The summed E-state index contributed by atoms with van der Waals surface area (Å²) >= 11 is 5.82. The van der Waals surface area contributed by atoms with Gasteiger partial charge in [0.05, 0.1) is 5.75 Å². The zero-order valence-electron chi connectivity index (χ0n) is 9.20. The van der Waals surface area contributed by atoms with Crippen molar-refractivity contribution in [3.63, 3.8) is 0 Å². The third-order valence-electron chi connectivity index (χ3n) is 2.81. The number of rotatable bonds is 3. The van der Waals surface area contributed by atoms with E-state index in [0.717, 1.165) is 18.9 Å². The molecular weight excluding hydrogens is 265 g/mol. The van der Waals surface area contributed by atoms with E-state index in [-0.39, 0.29) is 10.8 Å². The minimum Gasteiger partial charge on any atom is -0.212 e. The van der Waals surface area contributed by atoms with Crippen molar-refractivity contribution >= 4 is 21.6 Å². The molecule has 0 bridgehead atoms. The quantitative estimate of drug-likeness (QED) is 0.851. The largest absolute Gasteiger partial charge is 0.218 e. The van der Waals surface area contributed by atoms with Gasteiger partial charge in [-0.1, -0.05) is 17.7 Å². The highest BCUT2D eigenvalue weighted by molar-refractivity contribution is 7.88. The molecule has 1 aromatic rings. The summed E-state index contributed by atoms with van der Waals surface area (Å²) in [5.41, 5.74) is 0.444. The van der Waals surface area contributed by atoms with Crippen LogP contribution in [0.3, 0.4) is 0 Å². The third kappa shape index (κ3) is 2.97. The lowest BCUT2D eigenvalue weighted by atomic mass is 10.2. The summed E-state index contributed by atoms with van der Waals surface area (Å²) in [6.45, 7) is 1.14. The van der Waals surface area contributed by atoms with E-state index in [0.29, 0.717) is 18.7 Å². The van der Waals surface area contributed by atoms with Gasteiger partial charge in [-0.3, -0.25) is 0 Å². The van der Waals surface area contributed by atoms with Gasteiger partial charge >= 0.3 is 0 Å². The lowest BCUT2D eigenvalue weighted by Gasteiger charge is -2.15. The second kappa shape index (κ2) is 4.92. The monoisotopic (exact) mass is 277 g/mol. The minimum atomic E-state index is -3.32. The predicted octanol–water partition coefficient (Wildman–Crippen LogP) is 2.40. The molecule has 0 spiro atoms. The highest BCUT2D eigenvalue weighted by atomic mass is 35.5. The SMILES string of the molecule is O=S(=O)(Cc1ccc(F)cc1Cl)N1CCCC1. The summed E-state index contributed by atoms with van der Waals surface area (Å²) in [7, 11) is -3.32. The first-order valence-corrected chi connectivity index (χ1v) is 7.39. The maximum absolute atomic E-state index is 12.8. The smallest absolute Gasteiger partial charge is 0.212 e. The van der Waals surface area contributed by atoms with Crippen LogP contribution in [0.1, 0.15) is 18.4 Å². The van der Waals surface area contributed by atoms with Crippen LogP contribution in [0.4, 0.5) is 4.39 Å². The number of nitrogens with zero attached hydrogens (tertiary/aromatic N) is 1. The molecule has 3 nitrogen and oxygen atoms in total. The van der Waals surface area contributed by atoms with Crippen LogP contribution in [0.5, 0.6) is 0 Å². The van der Waals surface area contributed by atoms with Crippen molar-refractivity contribution in [2.75, 3.05) is 13.1 Å². The molecule has 2 rings (SSSR count). The standard InChI is InChI=1S/C11H13ClFNO2S/c12-11-7-10(13)4-3-9(11)8-17(15,16)14-5-1-2-6-14/h3-4,7H,1-2,5-6,8H2. The van der Waals surface area contributed by atoms with E-state index in [2.05, 4.69) is 0 Å². The molecule has 17 heavy (non-hydrogen) atoms. The predicted molar refractivity (Wildman–Crippen MR) is 64.8 cm³/mol. The molecule has 1 fully saturated rings. The van der Waals surface area contributed by atoms with Crippen LogP contribution in [0, 0.1) is 5.82 Å². The molecule has 0 unspecified atom stereocenters. The third-order valence-corrected chi connectivity index (χ3v) is 4.99. The van der Waals surface area contributed by atoms with Gasteiger partial charge in [-0.15, -0.1) is 0 Å². The fourth-order valence-electron chi connectivity index (χ4n) is 1.89. The van der Waals surface area contributed by atoms with Gasteiger partial charge in [0, 0.05) is 18.1 Å². The summed E-state index contributed by atoms with van der Waals surface area (Å²) in [5.74, 6) is -0.621. The van der Waals surface area contributed by atoms with Crippen molar-refractivity contribution in [2.24, 2.45) is 0 Å². The van der Waals surface area contributed by atoms with Crippen molar-refractivity contribution in [1.29, 1.82) is 0 Å². The maximum atomic E-state index is 12.8. The van der Waals surface area contributed by atoms with Crippen LogP contribution < -0.4 is 0 Å². The summed E-state index contributed by atoms with van der Waals surface area (Å²) < 4.78 is 38.3. The summed E-state index contributed by atoms with van der Waals surface area (Å²) in [5, 5.41) is 0.160. The molecule has 1 saturated heterocycles. The lowest BCUT2D eigenvalue weighted by molar-refractivity contribution is 0.476. The van der Waals surface area contributed by atoms with Gasteiger partial charge in [0.25, 0.3) is 0 Å². The first-order chi connectivity index (χ1) is 7.99. The van der Waals surface area contributed by atoms with Crippen molar-refractivity contribution in [3.05, 3.63) is 34.6 Å². The van der Waals surface area contributed by atoms with Gasteiger partial charge < -0.3 is 0 Å². The average Bonchev–Trinajstić information content (AvgIpc) is 2.76. The molecule has 0 aromatic heterocycles. The highest BCUT2D eigenvalue weighted by Crippen LogP contribution is 2.22. The van der Waals surface area contributed by atoms with Crippen LogP contribution in [0.2, 0.25) is 5.02 Å². The first-order valence-electron chi connectivity index (χ1n) is 5.41. The van der Waals surface area contributed by atoms with E-state index in [9.17, 15) is 12.8 Å². The fourth-order valence-corrected chi connectivity index (χ4v) is 3.85. The Labute approximate surface area is 105 Å². The van der Waals surface area contributed by atoms with Crippen LogP contribution in [0.25, 0.3) is 0 Å². The number of benzene rings is 1. The summed E-state index contributed by atoms with van der Waals surface area (Å²) in [4.78, 5) is 0. The molecular formula is C11H13ClFNO2S. The molecule has 1 aliphatic heterocycles. The van der Waals surface area contributed by atoms with Gasteiger partial charge in [-0.2, -0.15) is 0 Å². The van der Waals surface area contributed by atoms with E-state index in [1.807, 2.05) is 0 Å². The van der Waals surface area contributed by atoms with E-state index in [1.54, 1.807) is 0 Å². The number of hydrogen-bond acceptors (Lipinski definition) is 2. The molecule has 0 N–H and O–H groups in total. The Hall–Kier alpha value is -0.650. The van der Waals surface area contributed by atoms with E-state index < -0.39 is 15.8 Å².